The maximum absolute atomic E-state index is 13.8. The van der Waals surface area contributed by atoms with E-state index >= 15 is 0 Å². The normalized spacial score (nSPS) is 20.2. The van der Waals surface area contributed by atoms with Crippen LogP contribution in [0.2, 0.25) is 0 Å². The van der Waals surface area contributed by atoms with E-state index in [0.717, 1.165) is 15.7 Å². The lowest BCUT2D eigenvalue weighted by Crippen LogP contribution is -2.31. The first kappa shape index (κ1) is 13.1. The molecule has 0 aromatic heterocycles. The van der Waals surface area contributed by atoms with Crippen LogP contribution in [0.3, 0.4) is 0 Å². The van der Waals surface area contributed by atoms with Crippen LogP contribution in [0.1, 0.15) is 17.5 Å². The SMILES string of the molecule is N#CC1(Nc2cccc(Br)c2)CCc2c(F)cccc21. The summed E-state index contributed by atoms with van der Waals surface area (Å²) in [5, 5.41) is 12.9. The fourth-order valence-electron chi connectivity index (χ4n) is 2.75. The highest BCUT2D eigenvalue weighted by atomic mass is 79.9. The van der Waals surface area contributed by atoms with Crippen LogP contribution in [0.5, 0.6) is 0 Å². The predicted octanol–water partition coefficient (Wildman–Crippen LogP) is 4.37. The zero-order valence-electron chi connectivity index (χ0n) is 10.7. The first-order chi connectivity index (χ1) is 9.64. The number of hydrogen-bond acceptors (Lipinski definition) is 2. The second-order valence-corrected chi connectivity index (χ2v) is 5.83. The lowest BCUT2D eigenvalue weighted by atomic mass is 9.93. The van der Waals surface area contributed by atoms with E-state index in [1.165, 1.54) is 6.07 Å². The summed E-state index contributed by atoms with van der Waals surface area (Å²) in [6.45, 7) is 0. The zero-order valence-corrected chi connectivity index (χ0v) is 12.2. The van der Waals surface area contributed by atoms with Crippen LogP contribution in [-0.2, 0) is 12.0 Å². The van der Waals surface area contributed by atoms with Gasteiger partial charge in [-0.1, -0.05) is 34.1 Å². The van der Waals surface area contributed by atoms with Crippen molar-refractivity contribution in [1.82, 2.24) is 0 Å². The number of nitrogens with one attached hydrogen (secondary N) is 1. The Hall–Kier alpha value is -1.86. The van der Waals surface area contributed by atoms with Crippen LogP contribution in [0.15, 0.2) is 46.9 Å². The summed E-state index contributed by atoms with van der Waals surface area (Å²) < 4.78 is 14.8. The fraction of sp³-hybridized carbons (Fsp3) is 0.188. The number of nitrogens with zero attached hydrogens (tertiary/aromatic N) is 1. The Morgan fingerprint density at radius 2 is 2.05 bits per heavy atom. The monoisotopic (exact) mass is 330 g/mol. The van der Waals surface area contributed by atoms with Gasteiger partial charge in [0.1, 0.15) is 5.82 Å². The molecule has 0 heterocycles. The van der Waals surface area contributed by atoms with E-state index < -0.39 is 5.54 Å². The molecule has 1 aliphatic rings. The molecule has 1 atom stereocenters. The lowest BCUT2D eigenvalue weighted by Gasteiger charge is -2.25. The Morgan fingerprint density at radius 3 is 2.80 bits per heavy atom. The molecule has 1 N–H and O–H groups in total. The molecule has 4 heteroatoms. The Kier molecular flexibility index (Phi) is 3.23. The topological polar surface area (TPSA) is 35.8 Å². The molecule has 2 nitrogen and oxygen atoms in total. The quantitative estimate of drug-likeness (QED) is 0.887. The van der Waals surface area contributed by atoms with E-state index in [9.17, 15) is 9.65 Å². The van der Waals surface area contributed by atoms with Crippen molar-refractivity contribution in [2.75, 3.05) is 5.32 Å². The van der Waals surface area contributed by atoms with Gasteiger partial charge in [-0.25, -0.2) is 4.39 Å². The maximum Gasteiger partial charge on any atom is 0.151 e. The average Bonchev–Trinajstić information content (AvgIpc) is 2.80. The second kappa shape index (κ2) is 4.92. The van der Waals surface area contributed by atoms with E-state index in [1.807, 2.05) is 30.3 Å². The highest BCUT2D eigenvalue weighted by Gasteiger charge is 2.40. The first-order valence-corrected chi connectivity index (χ1v) is 7.17. The van der Waals surface area contributed by atoms with Crippen LogP contribution in [0.25, 0.3) is 0 Å². The van der Waals surface area contributed by atoms with Gasteiger partial charge in [-0.3, -0.25) is 0 Å². The number of halogens is 2. The number of nitriles is 1. The van der Waals surface area contributed by atoms with Crippen molar-refractivity contribution in [1.29, 1.82) is 5.26 Å². The van der Waals surface area contributed by atoms with Gasteiger partial charge in [0.15, 0.2) is 5.54 Å². The van der Waals surface area contributed by atoms with Crippen molar-refractivity contribution in [3.05, 3.63) is 63.9 Å². The van der Waals surface area contributed by atoms with Gasteiger partial charge >= 0.3 is 0 Å². The summed E-state index contributed by atoms with van der Waals surface area (Å²) in [4.78, 5) is 0. The van der Waals surface area contributed by atoms with Gasteiger partial charge in [-0.2, -0.15) is 5.26 Å². The molecule has 2 aromatic rings. The van der Waals surface area contributed by atoms with Gasteiger partial charge in [0, 0.05) is 10.2 Å². The van der Waals surface area contributed by atoms with Crippen molar-refractivity contribution in [3.8, 4) is 6.07 Å². The largest absolute Gasteiger partial charge is 0.364 e. The van der Waals surface area contributed by atoms with Crippen LogP contribution in [-0.4, -0.2) is 0 Å². The Morgan fingerprint density at radius 1 is 1.25 bits per heavy atom. The number of rotatable bonds is 2. The van der Waals surface area contributed by atoms with E-state index in [2.05, 4.69) is 27.3 Å². The first-order valence-electron chi connectivity index (χ1n) is 6.37. The molecule has 1 unspecified atom stereocenters. The summed E-state index contributed by atoms with van der Waals surface area (Å²) >= 11 is 3.41. The molecule has 0 saturated heterocycles. The smallest absolute Gasteiger partial charge is 0.151 e. The minimum absolute atomic E-state index is 0.226. The Bertz CT molecular complexity index is 708. The van der Waals surface area contributed by atoms with Crippen molar-refractivity contribution in [2.45, 2.75) is 18.4 Å². The molecule has 20 heavy (non-hydrogen) atoms. The van der Waals surface area contributed by atoms with Gasteiger partial charge in [0.05, 0.1) is 6.07 Å². The van der Waals surface area contributed by atoms with Crippen LogP contribution in [0, 0.1) is 17.1 Å². The Labute approximate surface area is 125 Å². The molecule has 0 radical (unpaired) electrons. The zero-order chi connectivity index (χ0) is 14.2. The van der Waals surface area contributed by atoms with Crippen LogP contribution < -0.4 is 5.32 Å². The highest BCUT2D eigenvalue weighted by Crippen LogP contribution is 2.40. The predicted molar refractivity (Wildman–Crippen MR) is 79.8 cm³/mol. The molecule has 0 bridgehead atoms. The molecule has 0 saturated carbocycles. The van der Waals surface area contributed by atoms with E-state index in [1.54, 1.807) is 6.07 Å². The van der Waals surface area contributed by atoms with Crippen molar-refractivity contribution in [2.24, 2.45) is 0 Å². The summed E-state index contributed by atoms with van der Waals surface area (Å²) in [5.41, 5.74) is 1.40. The average molecular weight is 331 g/mol. The summed E-state index contributed by atoms with van der Waals surface area (Å²) in [7, 11) is 0. The van der Waals surface area contributed by atoms with Gasteiger partial charge in [-0.15, -0.1) is 0 Å². The molecular formula is C16H12BrFN2. The second-order valence-electron chi connectivity index (χ2n) is 4.92. The van der Waals surface area contributed by atoms with E-state index in [0.29, 0.717) is 18.4 Å². The third-order valence-electron chi connectivity index (χ3n) is 3.70. The van der Waals surface area contributed by atoms with Gasteiger partial charge < -0.3 is 5.32 Å². The van der Waals surface area contributed by atoms with E-state index in [4.69, 9.17) is 0 Å². The van der Waals surface area contributed by atoms with E-state index in [-0.39, 0.29) is 5.82 Å². The summed E-state index contributed by atoms with van der Waals surface area (Å²) in [6, 6.07) is 14.9. The lowest BCUT2D eigenvalue weighted by molar-refractivity contribution is 0.609. The molecule has 100 valence electrons. The minimum Gasteiger partial charge on any atom is -0.364 e. The van der Waals surface area contributed by atoms with Gasteiger partial charge in [0.25, 0.3) is 0 Å². The molecule has 3 rings (SSSR count). The van der Waals surface area contributed by atoms with Crippen molar-refractivity contribution in [3.63, 3.8) is 0 Å². The number of benzene rings is 2. The highest BCUT2D eigenvalue weighted by molar-refractivity contribution is 9.10. The molecule has 2 aromatic carbocycles. The summed E-state index contributed by atoms with van der Waals surface area (Å²) in [6.07, 6.45) is 1.16. The number of hydrogen-bond donors (Lipinski definition) is 1. The number of anilines is 1. The Balaban J connectivity index is 2.04. The molecule has 0 aliphatic heterocycles. The van der Waals surface area contributed by atoms with Gasteiger partial charge in [0.2, 0.25) is 0 Å². The summed E-state index contributed by atoms with van der Waals surface area (Å²) in [5.74, 6) is -0.226. The third kappa shape index (κ3) is 2.08. The molecule has 0 fully saturated rings. The third-order valence-corrected chi connectivity index (χ3v) is 4.20. The number of fused-ring (bicyclic) bond motifs is 1. The fourth-order valence-corrected chi connectivity index (χ4v) is 3.15. The van der Waals surface area contributed by atoms with Crippen LogP contribution >= 0.6 is 15.9 Å². The molecule has 0 amide bonds. The molecule has 0 spiro atoms. The van der Waals surface area contributed by atoms with Crippen LogP contribution in [0.4, 0.5) is 10.1 Å². The minimum atomic E-state index is -0.849. The standard InChI is InChI=1S/C16H12BrFN2/c17-11-3-1-4-12(9-11)20-16(10-19)8-7-13-14(16)5-2-6-15(13)18/h1-6,9,20H,7-8H2. The molecule has 1 aliphatic carbocycles. The molecular weight excluding hydrogens is 319 g/mol. The maximum atomic E-state index is 13.8. The van der Waals surface area contributed by atoms with Crippen molar-refractivity contribution >= 4 is 21.6 Å². The van der Waals surface area contributed by atoms with Crippen molar-refractivity contribution < 1.29 is 4.39 Å². The van der Waals surface area contributed by atoms with Gasteiger partial charge in [-0.05, 0) is 48.2 Å².